The van der Waals surface area contributed by atoms with E-state index >= 15 is 0 Å². The monoisotopic (exact) mass is 381 g/mol. The molecule has 1 aliphatic carbocycles. The van der Waals surface area contributed by atoms with E-state index in [1.807, 2.05) is 24.3 Å². The van der Waals surface area contributed by atoms with Crippen molar-refractivity contribution in [3.8, 4) is 5.75 Å². The summed E-state index contributed by atoms with van der Waals surface area (Å²) in [4.78, 5) is 15.1. The molecule has 1 atom stereocenters. The second-order valence-electron chi connectivity index (χ2n) is 7.27. The third kappa shape index (κ3) is 3.84. The number of fused-ring (bicyclic) bond motifs is 1. The van der Waals surface area contributed by atoms with Gasteiger partial charge in [-0.3, -0.25) is 10.1 Å². The molecule has 0 aliphatic heterocycles. The van der Waals surface area contributed by atoms with E-state index in [1.165, 1.54) is 25.0 Å². The van der Waals surface area contributed by atoms with Gasteiger partial charge < -0.3 is 14.4 Å². The number of imidazole rings is 1. The highest BCUT2D eigenvalue weighted by molar-refractivity contribution is 5.76. The Kier molecular flexibility index (Phi) is 5.25. The van der Waals surface area contributed by atoms with Gasteiger partial charge in [0.2, 0.25) is 0 Å². The summed E-state index contributed by atoms with van der Waals surface area (Å²) in [5.41, 5.74) is 1.99. The summed E-state index contributed by atoms with van der Waals surface area (Å²) in [7, 11) is 0. The number of aromatic nitrogens is 2. The number of non-ortho nitro benzene ring substituents is 1. The minimum Gasteiger partial charge on any atom is -0.491 e. The fourth-order valence-electron chi connectivity index (χ4n) is 3.90. The molecule has 3 aromatic rings. The Balaban J connectivity index is 1.47. The molecular formula is C21H23N3O4. The van der Waals surface area contributed by atoms with Crippen molar-refractivity contribution in [3.05, 3.63) is 64.5 Å². The smallest absolute Gasteiger partial charge is 0.269 e. The van der Waals surface area contributed by atoms with Gasteiger partial charge in [0, 0.05) is 18.1 Å². The lowest BCUT2D eigenvalue weighted by Crippen LogP contribution is -2.25. The van der Waals surface area contributed by atoms with Crippen molar-refractivity contribution in [1.82, 2.24) is 9.55 Å². The number of nitro groups is 1. The van der Waals surface area contributed by atoms with Crippen LogP contribution in [0.5, 0.6) is 5.75 Å². The Morgan fingerprint density at radius 3 is 2.61 bits per heavy atom. The van der Waals surface area contributed by atoms with Crippen molar-refractivity contribution in [3.63, 3.8) is 0 Å². The van der Waals surface area contributed by atoms with Crippen molar-refractivity contribution >= 4 is 16.7 Å². The highest BCUT2D eigenvalue weighted by atomic mass is 16.6. The van der Waals surface area contributed by atoms with Crippen LogP contribution in [0.2, 0.25) is 0 Å². The van der Waals surface area contributed by atoms with Crippen molar-refractivity contribution in [1.29, 1.82) is 0 Å². The van der Waals surface area contributed by atoms with Gasteiger partial charge in [-0.05, 0) is 37.1 Å². The van der Waals surface area contributed by atoms with Crippen LogP contribution >= 0.6 is 0 Å². The molecule has 7 nitrogen and oxygen atoms in total. The van der Waals surface area contributed by atoms with Crippen LogP contribution in [0.15, 0.2) is 48.5 Å². The topological polar surface area (TPSA) is 90.4 Å². The molecule has 1 heterocycles. The number of aliphatic hydroxyl groups is 1. The van der Waals surface area contributed by atoms with Gasteiger partial charge in [-0.15, -0.1) is 0 Å². The number of hydrogen-bond acceptors (Lipinski definition) is 5. The van der Waals surface area contributed by atoms with Crippen molar-refractivity contribution in [2.75, 3.05) is 6.61 Å². The average molecular weight is 381 g/mol. The highest BCUT2D eigenvalue weighted by Gasteiger charge is 2.24. The molecule has 28 heavy (non-hydrogen) atoms. The Morgan fingerprint density at radius 1 is 1.18 bits per heavy atom. The van der Waals surface area contributed by atoms with Crippen LogP contribution in [0, 0.1) is 10.1 Å². The minimum absolute atomic E-state index is 0.0130. The lowest BCUT2D eigenvalue weighted by atomic mass is 10.1. The SMILES string of the molecule is O=[N+]([O-])c1ccc(OCC(O)Cn2c(C3CCCC3)nc3ccccc32)cc1. The molecule has 0 saturated heterocycles. The first-order chi connectivity index (χ1) is 13.6. The summed E-state index contributed by atoms with van der Waals surface area (Å²) < 4.78 is 7.74. The van der Waals surface area contributed by atoms with Crippen LogP contribution in [0.1, 0.15) is 37.4 Å². The fourth-order valence-corrected chi connectivity index (χ4v) is 3.90. The van der Waals surface area contributed by atoms with Crippen molar-refractivity contribution in [2.45, 2.75) is 44.2 Å². The summed E-state index contributed by atoms with van der Waals surface area (Å²) in [6.07, 6.45) is 4.00. The second-order valence-corrected chi connectivity index (χ2v) is 7.27. The molecule has 146 valence electrons. The average Bonchev–Trinajstić information content (AvgIpc) is 3.35. The number of hydrogen-bond donors (Lipinski definition) is 1. The number of rotatable bonds is 7. The zero-order valence-electron chi connectivity index (χ0n) is 15.5. The Hall–Kier alpha value is -2.93. The molecule has 1 N–H and O–H groups in total. The number of para-hydroxylation sites is 2. The molecule has 0 radical (unpaired) electrons. The number of nitro benzene ring substituents is 1. The molecule has 0 spiro atoms. The lowest BCUT2D eigenvalue weighted by molar-refractivity contribution is -0.384. The molecule has 1 aromatic heterocycles. The first-order valence-corrected chi connectivity index (χ1v) is 9.62. The zero-order valence-corrected chi connectivity index (χ0v) is 15.5. The van der Waals surface area contributed by atoms with Crippen LogP contribution in [0.4, 0.5) is 5.69 Å². The lowest BCUT2D eigenvalue weighted by Gasteiger charge is -2.18. The van der Waals surface area contributed by atoms with Crippen molar-refractivity contribution in [2.24, 2.45) is 0 Å². The van der Waals surface area contributed by atoms with Gasteiger partial charge in [-0.2, -0.15) is 0 Å². The van der Waals surface area contributed by atoms with Crippen LogP contribution in [-0.2, 0) is 6.54 Å². The van der Waals surface area contributed by atoms with Crippen LogP contribution in [0.25, 0.3) is 11.0 Å². The molecule has 4 rings (SSSR count). The maximum atomic E-state index is 10.7. The molecule has 1 fully saturated rings. The molecule has 2 aromatic carbocycles. The Morgan fingerprint density at radius 2 is 1.89 bits per heavy atom. The number of ether oxygens (including phenoxy) is 1. The van der Waals surface area contributed by atoms with Gasteiger partial charge in [0.05, 0.1) is 22.5 Å². The Labute approximate surface area is 162 Å². The first kappa shape index (κ1) is 18.4. The number of benzene rings is 2. The van der Waals surface area contributed by atoms with E-state index in [0.29, 0.717) is 18.2 Å². The summed E-state index contributed by atoms with van der Waals surface area (Å²) in [5.74, 6) is 1.99. The van der Waals surface area contributed by atoms with E-state index in [1.54, 1.807) is 12.1 Å². The number of aliphatic hydroxyl groups excluding tert-OH is 1. The minimum atomic E-state index is -0.715. The van der Waals surface area contributed by atoms with Crippen molar-refractivity contribution < 1.29 is 14.8 Å². The van der Waals surface area contributed by atoms with Gasteiger partial charge in [-0.1, -0.05) is 25.0 Å². The van der Waals surface area contributed by atoms with E-state index in [2.05, 4.69) is 4.57 Å². The molecular weight excluding hydrogens is 358 g/mol. The number of nitrogens with zero attached hydrogens (tertiary/aromatic N) is 3. The maximum absolute atomic E-state index is 10.7. The van der Waals surface area contributed by atoms with Gasteiger partial charge in [0.25, 0.3) is 5.69 Å². The normalized spacial score (nSPS) is 15.8. The standard InChI is InChI=1S/C21H23N3O4/c25-17(14-28-18-11-9-16(10-12-18)24(26)27)13-23-20-8-4-3-7-19(20)22-21(23)15-5-1-2-6-15/h3-4,7-12,15,17,25H,1-2,5-6,13-14H2. The molecule has 0 bridgehead atoms. The molecule has 0 amide bonds. The Bertz CT molecular complexity index is 961. The van der Waals surface area contributed by atoms with E-state index < -0.39 is 11.0 Å². The third-order valence-corrected chi connectivity index (χ3v) is 5.29. The van der Waals surface area contributed by atoms with E-state index in [0.717, 1.165) is 29.7 Å². The van der Waals surface area contributed by atoms with Gasteiger partial charge in [0.15, 0.2) is 0 Å². The summed E-state index contributed by atoms with van der Waals surface area (Å²) in [6, 6.07) is 13.9. The van der Waals surface area contributed by atoms with E-state index in [4.69, 9.17) is 9.72 Å². The molecule has 1 unspecified atom stereocenters. The summed E-state index contributed by atoms with van der Waals surface area (Å²) in [6.45, 7) is 0.508. The van der Waals surface area contributed by atoms with Gasteiger partial charge in [0.1, 0.15) is 24.3 Å². The largest absolute Gasteiger partial charge is 0.491 e. The maximum Gasteiger partial charge on any atom is 0.269 e. The highest BCUT2D eigenvalue weighted by Crippen LogP contribution is 2.35. The van der Waals surface area contributed by atoms with Gasteiger partial charge in [-0.25, -0.2) is 4.98 Å². The quantitative estimate of drug-likeness (QED) is 0.493. The van der Waals surface area contributed by atoms with Crippen LogP contribution < -0.4 is 4.74 Å². The van der Waals surface area contributed by atoms with E-state index in [9.17, 15) is 15.2 Å². The van der Waals surface area contributed by atoms with Crippen LogP contribution in [0.3, 0.4) is 0 Å². The predicted molar refractivity (Wildman–Crippen MR) is 106 cm³/mol. The molecule has 1 aliphatic rings. The predicted octanol–water partition coefficient (Wildman–Crippen LogP) is 4.04. The molecule has 1 saturated carbocycles. The fraction of sp³-hybridized carbons (Fsp3) is 0.381. The van der Waals surface area contributed by atoms with Crippen LogP contribution in [-0.4, -0.2) is 32.3 Å². The molecule has 7 heteroatoms. The summed E-state index contributed by atoms with van der Waals surface area (Å²) >= 11 is 0. The van der Waals surface area contributed by atoms with E-state index in [-0.39, 0.29) is 12.3 Å². The summed E-state index contributed by atoms with van der Waals surface area (Å²) in [5, 5.41) is 21.3. The third-order valence-electron chi connectivity index (χ3n) is 5.29. The first-order valence-electron chi connectivity index (χ1n) is 9.62. The van der Waals surface area contributed by atoms with Gasteiger partial charge >= 0.3 is 0 Å². The second kappa shape index (κ2) is 7.98. The zero-order chi connectivity index (χ0) is 19.5.